The summed E-state index contributed by atoms with van der Waals surface area (Å²) in [6, 6.07) is 0. The Morgan fingerprint density at radius 2 is 2.21 bits per heavy atom. The van der Waals surface area contributed by atoms with Crippen LogP contribution in [0.3, 0.4) is 0 Å². The molecule has 0 spiro atoms. The number of halogens is 2. The van der Waals surface area contributed by atoms with Crippen molar-refractivity contribution in [1.29, 1.82) is 0 Å². The highest BCUT2D eigenvalue weighted by Gasteiger charge is 2.21. The molecule has 0 aliphatic carbocycles. The molecule has 0 radical (unpaired) electrons. The molecule has 1 aromatic rings. The minimum Gasteiger partial charge on any atom is -0.331 e. The molecule has 1 atom stereocenters. The molecule has 0 aromatic carbocycles. The van der Waals surface area contributed by atoms with E-state index in [4.69, 9.17) is 10.7 Å². The maximum absolute atomic E-state index is 11.0. The fraction of sp³-hybridized carbons (Fsp3) is 0.571. The molecule has 1 N–H and O–H groups in total. The van der Waals surface area contributed by atoms with E-state index in [-0.39, 0.29) is 15.5 Å². The molecule has 1 rings (SSSR count). The quantitative estimate of drug-likeness (QED) is 0.873. The van der Waals surface area contributed by atoms with Crippen LogP contribution < -0.4 is 0 Å². The third kappa shape index (κ3) is 2.49. The number of nitrogens with one attached hydrogen (secondary N) is 1. The molecular formula is C7H10BrClN2O2S. The summed E-state index contributed by atoms with van der Waals surface area (Å²) in [6.45, 7) is 3.95. The summed E-state index contributed by atoms with van der Waals surface area (Å²) in [6.07, 6.45) is 0.877. The molecular weight excluding hydrogens is 292 g/mol. The number of nitrogens with zero attached hydrogens (tertiary/aromatic N) is 1. The van der Waals surface area contributed by atoms with Crippen LogP contribution in [0.15, 0.2) is 9.63 Å². The lowest BCUT2D eigenvalue weighted by Crippen LogP contribution is -1.95. The van der Waals surface area contributed by atoms with Gasteiger partial charge in [0.25, 0.3) is 9.05 Å². The van der Waals surface area contributed by atoms with Gasteiger partial charge in [0.15, 0.2) is 5.03 Å². The van der Waals surface area contributed by atoms with Crippen molar-refractivity contribution in [2.24, 2.45) is 0 Å². The van der Waals surface area contributed by atoms with Gasteiger partial charge in [-0.15, -0.1) is 0 Å². The van der Waals surface area contributed by atoms with Gasteiger partial charge >= 0.3 is 0 Å². The fourth-order valence-corrected chi connectivity index (χ4v) is 2.96. The Labute approximate surface area is 95.6 Å². The van der Waals surface area contributed by atoms with Crippen LogP contribution in [-0.2, 0) is 9.05 Å². The molecule has 80 valence electrons. The predicted octanol–water partition coefficient (Wildman–Crippen LogP) is 2.61. The van der Waals surface area contributed by atoms with E-state index in [1.807, 2.05) is 13.8 Å². The second kappa shape index (κ2) is 4.20. The lowest BCUT2D eigenvalue weighted by atomic mass is 10.1. The summed E-state index contributed by atoms with van der Waals surface area (Å²) < 4.78 is 22.3. The van der Waals surface area contributed by atoms with Crippen LogP contribution in [0.2, 0.25) is 0 Å². The van der Waals surface area contributed by atoms with Crippen LogP contribution >= 0.6 is 26.6 Å². The average molecular weight is 302 g/mol. The summed E-state index contributed by atoms with van der Waals surface area (Å²) in [5.41, 5.74) is 0. The van der Waals surface area contributed by atoms with Gasteiger partial charge in [-0.3, -0.25) is 0 Å². The monoisotopic (exact) mass is 300 g/mol. The summed E-state index contributed by atoms with van der Waals surface area (Å²) in [4.78, 5) is 6.74. The molecule has 1 unspecified atom stereocenters. The van der Waals surface area contributed by atoms with Gasteiger partial charge in [0.2, 0.25) is 0 Å². The third-order valence-electron chi connectivity index (χ3n) is 1.97. The molecule has 1 aromatic heterocycles. The van der Waals surface area contributed by atoms with Crippen LogP contribution in [0.4, 0.5) is 0 Å². The zero-order chi connectivity index (χ0) is 10.9. The first kappa shape index (κ1) is 12.0. The van der Waals surface area contributed by atoms with Crippen molar-refractivity contribution < 1.29 is 8.42 Å². The zero-order valence-corrected chi connectivity index (χ0v) is 10.9. The van der Waals surface area contributed by atoms with Gasteiger partial charge in [-0.1, -0.05) is 13.8 Å². The number of hydrogen-bond acceptors (Lipinski definition) is 3. The summed E-state index contributed by atoms with van der Waals surface area (Å²) in [5, 5.41) is -0.0746. The average Bonchev–Trinajstić information content (AvgIpc) is 2.45. The van der Waals surface area contributed by atoms with E-state index >= 15 is 0 Å². The summed E-state index contributed by atoms with van der Waals surface area (Å²) in [5.74, 6) is 0.803. The fourth-order valence-electron chi connectivity index (χ4n) is 0.941. The van der Waals surface area contributed by atoms with E-state index < -0.39 is 9.05 Å². The van der Waals surface area contributed by atoms with Gasteiger partial charge in [-0.25, -0.2) is 13.4 Å². The van der Waals surface area contributed by atoms with Crippen molar-refractivity contribution in [3.63, 3.8) is 0 Å². The Kier molecular flexibility index (Phi) is 3.60. The third-order valence-corrected chi connectivity index (χ3v) is 4.05. The van der Waals surface area contributed by atoms with Gasteiger partial charge in [-0.2, -0.15) is 0 Å². The van der Waals surface area contributed by atoms with Crippen LogP contribution in [0, 0.1) is 0 Å². The zero-order valence-electron chi connectivity index (χ0n) is 7.71. The largest absolute Gasteiger partial charge is 0.331 e. The highest BCUT2D eigenvalue weighted by molar-refractivity contribution is 9.10. The molecule has 0 bridgehead atoms. The first-order valence-corrected chi connectivity index (χ1v) is 7.16. The van der Waals surface area contributed by atoms with Crippen LogP contribution in [-0.4, -0.2) is 18.4 Å². The molecule has 0 saturated heterocycles. The summed E-state index contributed by atoms with van der Waals surface area (Å²) in [7, 11) is 1.45. The normalized spacial score (nSPS) is 14.3. The minimum atomic E-state index is -3.75. The van der Waals surface area contributed by atoms with Crippen LogP contribution in [0.5, 0.6) is 0 Å². The van der Waals surface area contributed by atoms with E-state index in [1.54, 1.807) is 0 Å². The molecule has 4 nitrogen and oxygen atoms in total. The van der Waals surface area contributed by atoms with Crippen molar-refractivity contribution in [3.8, 4) is 0 Å². The smallest absolute Gasteiger partial charge is 0.279 e. The maximum atomic E-state index is 11.0. The molecule has 7 heteroatoms. The summed E-state index contributed by atoms with van der Waals surface area (Å²) >= 11 is 3.04. The molecule has 0 fully saturated rings. The topological polar surface area (TPSA) is 62.8 Å². The van der Waals surface area contributed by atoms with E-state index in [9.17, 15) is 8.42 Å². The minimum absolute atomic E-state index is 0.0746. The molecule has 0 aliphatic rings. The number of imidazole rings is 1. The Morgan fingerprint density at radius 1 is 1.64 bits per heavy atom. The highest BCUT2D eigenvalue weighted by atomic mass is 79.9. The molecule has 0 saturated carbocycles. The van der Waals surface area contributed by atoms with E-state index in [1.165, 1.54) is 0 Å². The molecule has 0 amide bonds. The van der Waals surface area contributed by atoms with Crippen molar-refractivity contribution >= 4 is 35.7 Å². The van der Waals surface area contributed by atoms with Crippen molar-refractivity contribution in [1.82, 2.24) is 9.97 Å². The highest BCUT2D eigenvalue weighted by Crippen LogP contribution is 2.26. The Morgan fingerprint density at radius 3 is 2.57 bits per heavy atom. The molecule has 1 heterocycles. The number of rotatable bonds is 3. The lowest BCUT2D eigenvalue weighted by molar-refractivity contribution is 0.605. The van der Waals surface area contributed by atoms with Gasteiger partial charge in [0.05, 0.1) is 0 Å². The number of aromatic nitrogens is 2. The standard InChI is InChI=1S/C7H10BrClN2O2S/c1-3-4(2)6-10-5(8)7(11-6)14(9,12)13/h4H,3H2,1-2H3,(H,10,11). The van der Waals surface area contributed by atoms with Crippen molar-refractivity contribution in [3.05, 3.63) is 10.4 Å². The number of H-pyrrole nitrogens is 1. The van der Waals surface area contributed by atoms with E-state index in [2.05, 4.69) is 25.9 Å². The number of hydrogen-bond donors (Lipinski definition) is 1. The Hall–Kier alpha value is -0.0700. The Balaban J connectivity index is 3.18. The first-order valence-electron chi connectivity index (χ1n) is 4.06. The molecule has 0 aliphatic heterocycles. The second-order valence-corrected chi connectivity index (χ2v) is 6.24. The van der Waals surface area contributed by atoms with Gasteiger partial charge < -0.3 is 4.98 Å². The predicted molar refractivity (Wildman–Crippen MR) is 58.0 cm³/mol. The van der Waals surface area contributed by atoms with Crippen molar-refractivity contribution in [2.45, 2.75) is 31.2 Å². The second-order valence-electron chi connectivity index (χ2n) is 2.99. The van der Waals surface area contributed by atoms with E-state index in [0.717, 1.165) is 6.42 Å². The van der Waals surface area contributed by atoms with Crippen LogP contribution in [0.25, 0.3) is 0 Å². The molecule has 14 heavy (non-hydrogen) atoms. The maximum Gasteiger partial charge on any atom is 0.279 e. The number of aromatic amines is 1. The Bertz CT molecular complexity index is 429. The van der Waals surface area contributed by atoms with Gasteiger partial charge in [0.1, 0.15) is 10.4 Å². The van der Waals surface area contributed by atoms with Crippen molar-refractivity contribution in [2.75, 3.05) is 0 Å². The first-order chi connectivity index (χ1) is 6.36. The van der Waals surface area contributed by atoms with E-state index in [0.29, 0.717) is 5.82 Å². The van der Waals surface area contributed by atoms with Crippen LogP contribution in [0.1, 0.15) is 32.0 Å². The SMILES string of the molecule is CCC(C)c1nc(Br)c(S(=O)(=O)Cl)[nH]1. The van der Waals surface area contributed by atoms with Gasteiger partial charge in [0, 0.05) is 16.6 Å². The lowest BCUT2D eigenvalue weighted by Gasteiger charge is -2.01. The van der Waals surface area contributed by atoms with Gasteiger partial charge in [-0.05, 0) is 22.4 Å².